The van der Waals surface area contributed by atoms with Crippen molar-refractivity contribution in [2.75, 3.05) is 10.6 Å². The minimum absolute atomic E-state index is 0.0429. The Balaban J connectivity index is 1.93. The number of halogens is 4. The van der Waals surface area contributed by atoms with Crippen molar-refractivity contribution in [3.8, 4) is 0 Å². The number of aromatic nitrogens is 3. The van der Waals surface area contributed by atoms with E-state index in [1.807, 2.05) is 0 Å². The number of nitrogens with one attached hydrogen (secondary N) is 2. The zero-order valence-corrected chi connectivity index (χ0v) is 15.0. The number of nitrogens with zero attached hydrogens (tertiary/aromatic N) is 3. The van der Waals surface area contributed by atoms with Crippen LogP contribution in [0, 0.1) is 0 Å². The average Bonchev–Trinajstić information content (AvgIpc) is 3.09. The van der Waals surface area contributed by atoms with Crippen LogP contribution in [-0.2, 0) is 0 Å². The summed E-state index contributed by atoms with van der Waals surface area (Å²) in [6.45, 7) is 0.956. The first kappa shape index (κ1) is 19.8. The molecule has 2 atom stereocenters. The molecule has 1 fully saturated rings. The monoisotopic (exact) mass is 389 g/mol. The van der Waals surface area contributed by atoms with Crippen molar-refractivity contribution >= 4 is 17.5 Å². The number of hydrogen-bond donors (Lipinski definition) is 3. The van der Waals surface area contributed by atoms with Crippen LogP contribution < -0.4 is 10.6 Å². The van der Waals surface area contributed by atoms with Crippen molar-refractivity contribution < 1.29 is 22.7 Å². The Morgan fingerprint density at radius 3 is 2.37 bits per heavy atom. The largest absolute Gasteiger partial charge is 0.408 e. The summed E-state index contributed by atoms with van der Waals surface area (Å²) in [5.74, 6) is -0.928. The second kappa shape index (κ2) is 7.95. The number of hydrogen-bond acceptors (Lipinski definition) is 6. The molecule has 1 aromatic rings. The van der Waals surface area contributed by atoms with E-state index in [0.29, 0.717) is 19.3 Å². The van der Waals surface area contributed by atoms with E-state index in [1.54, 1.807) is 0 Å². The highest BCUT2D eigenvalue weighted by atomic mass is 19.4. The van der Waals surface area contributed by atoms with Crippen LogP contribution in [0.2, 0.25) is 0 Å². The third-order valence-electron chi connectivity index (χ3n) is 4.92. The number of rotatable bonds is 5. The van der Waals surface area contributed by atoms with Crippen LogP contribution in [0.15, 0.2) is 5.83 Å². The Bertz CT molecular complexity index is 703. The van der Waals surface area contributed by atoms with Gasteiger partial charge in [0.15, 0.2) is 5.82 Å². The fourth-order valence-electron chi connectivity index (χ4n) is 3.31. The molecule has 2 aliphatic carbocycles. The Morgan fingerprint density at radius 1 is 1.04 bits per heavy atom. The molecule has 0 bridgehead atoms. The summed E-state index contributed by atoms with van der Waals surface area (Å²) in [5, 5.41) is 15.1. The lowest BCUT2D eigenvalue weighted by atomic mass is 9.96. The van der Waals surface area contributed by atoms with Gasteiger partial charge in [0.2, 0.25) is 11.9 Å². The Hall–Kier alpha value is -1.97. The van der Waals surface area contributed by atoms with Crippen LogP contribution in [0.25, 0.3) is 5.57 Å². The van der Waals surface area contributed by atoms with Gasteiger partial charge in [-0.05, 0) is 39.0 Å². The summed E-state index contributed by atoms with van der Waals surface area (Å²) in [5.41, 5.74) is 0.119. The summed E-state index contributed by atoms with van der Waals surface area (Å²) >= 11 is 0. The van der Waals surface area contributed by atoms with Gasteiger partial charge in [-0.3, -0.25) is 0 Å². The van der Waals surface area contributed by atoms with Crippen LogP contribution in [0.3, 0.4) is 0 Å². The molecule has 1 saturated carbocycles. The molecule has 1 unspecified atom stereocenters. The van der Waals surface area contributed by atoms with Crippen molar-refractivity contribution in [1.82, 2.24) is 15.0 Å². The maximum atomic E-state index is 14.4. The third kappa shape index (κ3) is 4.85. The first-order valence-electron chi connectivity index (χ1n) is 9.17. The summed E-state index contributed by atoms with van der Waals surface area (Å²) in [7, 11) is 0. The van der Waals surface area contributed by atoms with Gasteiger partial charge in [0.1, 0.15) is 18.0 Å². The molecule has 10 heteroatoms. The van der Waals surface area contributed by atoms with Gasteiger partial charge in [0, 0.05) is 11.6 Å². The molecule has 0 aliphatic heterocycles. The van der Waals surface area contributed by atoms with Gasteiger partial charge >= 0.3 is 6.18 Å². The normalized spacial score (nSPS) is 22.8. The number of aliphatic hydroxyl groups is 1. The minimum atomic E-state index is -4.47. The fourth-order valence-corrected chi connectivity index (χ4v) is 3.31. The molecule has 27 heavy (non-hydrogen) atoms. The number of aliphatic hydroxyl groups excluding tert-OH is 1. The van der Waals surface area contributed by atoms with Crippen molar-refractivity contribution in [1.29, 1.82) is 0 Å². The Morgan fingerprint density at radius 2 is 1.70 bits per heavy atom. The van der Waals surface area contributed by atoms with Crippen LogP contribution in [0.1, 0.15) is 57.7 Å². The van der Waals surface area contributed by atoms with Crippen LogP contribution in [0.4, 0.5) is 29.5 Å². The van der Waals surface area contributed by atoms with E-state index in [1.165, 1.54) is 0 Å². The van der Waals surface area contributed by atoms with E-state index >= 15 is 0 Å². The topological polar surface area (TPSA) is 83.0 Å². The Labute approximate surface area is 154 Å². The highest BCUT2D eigenvalue weighted by Crippen LogP contribution is 2.33. The summed E-state index contributed by atoms with van der Waals surface area (Å²) in [4.78, 5) is 12.2. The van der Waals surface area contributed by atoms with Gasteiger partial charge in [0.05, 0.1) is 0 Å². The molecule has 0 aromatic carbocycles. The molecule has 0 radical (unpaired) electrons. The average molecular weight is 389 g/mol. The lowest BCUT2D eigenvalue weighted by Crippen LogP contribution is -2.34. The first-order chi connectivity index (χ1) is 12.7. The SMILES string of the molecule is C[C@@H](Nc1nc(NC2CCCC2)nc(C2=C(F)C(O)CCC2)n1)C(F)(F)F. The Kier molecular flexibility index (Phi) is 5.83. The molecule has 150 valence electrons. The van der Waals surface area contributed by atoms with E-state index in [2.05, 4.69) is 25.6 Å². The maximum Gasteiger partial charge on any atom is 0.408 e. The van der Waals surface area contributed by atoms with Gasteiger partial charge in [-0.25, -0.2) is 4.39 Å². The summed E-state index contributed by atoms with van der Waals surface area (Å²) in [6.07, 6.45) is -0.622. The molecule has 6 nitrogen and oxygen atoms in total. The van der Waals surface area contributed by atoms with E-state index in [0.717, 1.165) is 32.6 Å². The third-order valence-corrected chi connectivity index (χ3v) is 4.92. The second-order valence-electron chi connectivity index (χ2n) is 7.07. The predicted octanol–water partition coefficient (Wildman–Crippen LogP) is 3.81. The van der Waals surface area contributed by atoms with Crippen molar-refractivity contribution in [3.05, 3.63) is 11.7 Å². The van der Waals surface area contributed by atoms with Crippen LogP contribution in [-0.4, -0.2) is 44.4 Å². The lowest BCUT2D eigenvalue weighted by Gasteiger charge is -2.21. The van der Waals surface area contributed by atoms with E-state index < -0.39 is 24.1 Å². The zero-order chi connectivity index (χ0) is 19.6. The van der Waals surface area contributed by atoms with E-state index in [9.17, 15) is 22.7 Å². The number of allylic oxidation sites excluding steroid dienone is 1. The van der Waals surface area contributed by atoms with Crippen molar-refractivity contribution in [2.45, 2.75) is 76.2 Å². The number of alkyl halides is 3. The van der Waals surface area contributed by atoms with E-state index in [4.69, 9.17) is 0 Å². The molecular weight excluding hydrogens is 366 g/mol. The maximum absolute atomic E-state index is 14.4. The molecule has 3 rings (SSSR count). The van der Waals surface area contributed by atoms with Crippen LogP contribution >= 0.6 is 0 Å². The zero-order valence-electron chi connectivity index (χ0n) is 15.0. The molecule has 0 amide bonds. The summed E-state index contributed by atoms with van der Waals surface area (Å²) < 4.78 is 53.0. The van der Waals surface area contributed by atoms with Gasteiger partial charge in [0.25, 0.3) is 0 Å². The lowest BCUT2D eigenvalue weighted by molar-refractivity contribution is -0.138. The molecule has 1 heterocycles. The van der Waals surface area contributed by atoms with Crippen molar-refractivity contribution in [3.63, 3.8) is 0 Å². The quantitative estimate of drug-likeness (QED) is 0.665. The smallest absolute Gasteiger partial charge is 0.386 e. The second-order valence-corrected chi connectivity index (χ2v) is 7.07. The molecule has 3 N–H and O–H groups in total. The first-order valence-corrected chi connectivity index (χ1v) is 9.17. The summed E-state index contributed by atoms with van der Waals surface area (Å²) in [6, 6.07) is -1.74. The molecular formula is C17H23F4N5O. The molecule has 1 aromatic heterocycles. The molecule has 0 spiro atoms. The number of anilines is 2. The standard InChI is InChI=1S/C17H23F4N5O/c1-9(17(19,20)21)22-15-24-14(11-7-4-8-12(27)13(11)18)25-16(26-15)23-10-5-2-3-6-10/h9-10,12,27H,2-8H2,1H3,(H2,22,23,24,25,26)/t9-,12?/m1/s1. The van der Waals surface area contributed by atoms with Gasteiger partial charge in [-0.15, -0.1) is 0 Å². The highest BCUT2D eigenvalue weighted by Gasteiger charge is 2.37. The molecule has 2 aliphatic rings. The predicted molar refractivity (Wildman–Crippen MR) is 92.7 cm³/mol. The minimum Gasteiger partial charge on any atom is -0.386 e. The van der Waals surface area contributed by atoms with E-state index in [-0.39, 0.29) is 29.3 Å². The van der Waals surface area contributed by atoms with Crippen LogP contribution in [0.5, 0.6) is 0 Å². The van der Waals surface area contributed by atoms with Crippen molar-refractivity contribution in [2.24, 2.45) is 0 Å². The van der Waals surface area contributed by atoms with Gasteiger partial charge < -0.3 is 15.7 Å². The van der Waals surface area contributed by atoms with Gasteiger partial charge in [-0.2, -0.15) is 28.1 Å². The molecule has 0 saturated heterocycles. The highest BCUT2D eigenvalue weighted by molar-refractivity contribution is 5.65. The van der Waals surface area contributed by atoms with Gasteiger partial charge in [-0.1, -0.05) is 12.8 Å². The fraction of sp³-hybridized carbons (Fsp3) is 0.706.